The van der Waals surface area contributed by atoms with E-state index < -0.39 is 0 Å². The van der Waals surface area contributed by atoms with Crippen LogP contribution in [0.2, 0.25) is 0 Å². The molecule has 6 nitrogen and oxygen atoms in total. The van der Waals surface area contributed by atoms with Gasteiger partial charge in [-0.05, 0) is 37.8 Å². The number of rotatable bonds is 11. The van der Waals surface area contributed by atoms with Gasteiger partial charge in [0, 0.05) is 20.3 Å². The Labute approximate surface area is 154 Å². The molecule has 1 rings (SSSR count). The van der Waals surface area contributed by atoms with Gasteiger partial charge in [0.05, 0.1) is 12.2 Å². The predicted molar refractivity (Wildman–Crippen MR) is 96.6 cm³/mol. The van der Waals surface area contributed by atoms with E-state index in [1.54, 1.807) is 24.3 Å². The average Bonchev–Trinajstić information content (AvgIpc) is 2.60. The van der Waals surface area contributed by atoms with Crippen molar-refractivity contribution < 1.29 is 28.6 Å². The smallest absolute Gasteiger partial charge is 0.338 e. The molecule has 0 N–H and O–H groups in total. The van der Waals surface area contributed by atoms with Gasteiger partial charge in [-0.15, -0.1) is 0 Å². The Morgan fingerprint density at radius 2 is 1.62 bits per heavy atom. The van der Waals surface area contributed by atoms with Crippen LogP contribution >= 0.6 is 0 Å². The summed E-state index contributed by atoms with van der Waals surface area (Å²) in [5, 5.41) is 0. The summed E-state index contributed by atoms with van der Waals surface area (Å²) in [4.78, 5) is 34.3. The zero-order valence-corrected chi connectivity index (χ0v) is 15.7. The molecule has 26 heavy (non-hydrogen) atoms. The molecule has 1 aromatic carbocycles. The molecule has 0 amide bonds. The van der Waals surface area contributed by atoms with Crippen LogP contribution in [0.4, 0.5) is 0 Å². The van der Waals surface area contributed by atoms with Gasteiger partial charge in [-0.2, -0.15) is 0 Å². The summed E-state index contributed by atoms with van der Waals surface area (Å²) < 4.78 is 15.8. The van der Waals surface area contributed by atoms with Gasteiger partial charge in [-0.3, -0.25) is 9.59 Å². The van der Waals surface area contributed by atoms with Crippen LogP contribution in [0.25, 0.3) is 0 Å². The molecule has 0 bridgehead atoms. The van der Waals surface area contributed by atoms with Crippen LogP contribution in [0.5, 0.6) is 0 Å². The summed E-state index contributed by atoms with van der Waals surface area (Å²) in [5.41, 5.74) is 0.497. The Bertz CT molecular complexity index is 569. The van der Waals surface area contributed by atoms with Crippen molar-refractivity contribution in [1.29, 1.82) is 0 Å². The highest BCUT2D eigenvalue weighted by molar-refractivity contribution is 5.89. The third-order valence-electron chi connectivity index (χ3n) is 3.82. The van der Waals surface area contributed by atoms with Crippen LogP contribution in [0, 0.1) is 0 Å². The zero-order chi connectivity index (χ0) is 19.4. The third-order valence-corrected chi connectivity index (χ3v) is 3.82. The van der Waals surface area contributed by atoms with Crippen molar-refractivity contribution in [2.24, 2.45) is 0 Å². The Hall–Kier alpha value is -2.37. The molecule has 0 heterocycles. The van der Waals surface area contributed by atoms with Crippen LogP contribution in [0.1, 0.15) is 63.2 Å². The second-order valence-corrected chi connectivity index (χ2v) is 6.10. The largest absolute Gasteiger partial charge is 0.466 e. The van der Waals surface area contributed by atoms with Crippen LogP contribution in [-0.4, -0.2) is 36.7 Å². The predicted octanol–water partition coefficient (Wildman–Crippen LogP) is 3.68. The van der Waals surface area contributed by atoms with Crippen LogP contribution in [0.3, 0.4) is 0 Å². The monoisotopic (exact) mass is 364 g/mol. The fourth-order valence-electron chi connectivity index (χ4n) is 2.53. The van der Waals surface area contributed by atoms with E-state index in [1.807, 2.05) is 13.0 Å². The third kappa shape index (κ3) is 9.20. The minimum atomic E-state index is -0.381. The first-order chi connectivity index (χ1) is 12.4. The van der Waals surface area contributed by atoms with E-state index in [0.29, 0.717) is 37.9 Å². The first kappa shape index (κ1) is 21.7. The summed E-state index contributed by atoms with van der Waals surface area (Å²) in [5.74, 6) is -1.05. The fourth-order valence-corrected chi connectivity index (χ4v) is 2.53. The fraction of sp³-hybridized carbons (Fsp3) is 0.550. The van der Waals surface area contributed by atoms with Crippen LogP contribution < -0.4 is 0 Å². The summed E-state index contributed by atoms with van der Waals surface area (Å²) in [6, 6.07) is 8.80. The van der Waals surface area contributed by atoms with E-state index in [2.05, 4.69) is 0 Å². The molecule has 0 fully saturated rings. The van der Waals surface area contributed by atoms with Gasteiger partial charge in [0.1, 0.15) is 12.2 Å². The number of ether oxygens (including phenoxy) is 3. The minimum absolute atomic E-state index is 0.305. The summed E-state index contributed by atoms with van der Waals surface area (Å²) in [7, 11) is 0. The number of carbonyl (C=O) groups excluding carboxylic acids is 3. The lowest BCUT2D eigenvalue weighted by atomic mass is 10.0. The van der Waals surface area contributed by atoms with E-state index in [-0.39, 0.29) is 30.1 Å². The minimum Gasteiger partial charge on any atom is -0.466 e. The molecule has 0 aliphatic rings. The number of esters is 3. The van der Waals surface area contributed by atoms with Gasteiger partial charge in [0.15, 0.2) is 0 Å². The van der Waals surface area contributed by atoms with Gasteiger partial charge in [0.25, 0.3) is 0 Å². The second kappa shape index (κ2) is 12.1. The molecule has 144 valence electrons. The molecule has 0 spiro atoms. The topological polar surface area (TPSA) is 78.9 Å². The van der Waals surface area contributed by atoms with E-state index in [0.717, 1.165) is 6.42 Å². The molecule has 0 unspecified atom stereocenters. The molecule has 2 atom stereocenters. The molecule has 0 saturated carbocycles. The number of hydrogen-bond acceptors (Lipinski definition) is 6. The number of hydrogen-bond donors (Lipinski definition) is 0. The highest BCUT2D eigenvalue weighted by atomic mass is 16.6. The molecule has 1 aromatic rings. The first-order valence-electron chi connectivity index (χ1n) is 8.99. The van der Waals surface area contributed by atoms with Gasteiger partial charge in [0.2, 0.25) is 0 Å². The SMILES string of the molecule is CC[C@@H](C[C@@H](CCCCOC(C)=O)OC(C)=O)OC(=O)c1ccccc1. The van der Waals surface area contributed by atoms with Crippen LogP contribution in [-0.2, 0) is 23.8 Å². The maximum atomic E-state index is 12.2. The second-order valence-electron chi connectivity index (χ2n) is 6.10. The maximum Gasteiger partial charge on any atom is 0.338 e. The Kier molecular flexibility index (Phi) is 10.1. The Morgan fingerprint density at radius 3 is 2.19 bits per heavy atom. The standard InChI is InChI=1S/C20H28O6/c1-4-18(26-20(23)17-10-6-5-7-11-17)14-19(25-16(3)22)12-8-9-13-24-15(2)21/h5-7,10-11,18-19H,4,8-9,12-14H2,1-3H3/t18-,19+/m0/s1. The summed E-state index contributed by atoms with van der Waals surface area (Å²) in [6.07, 6.45) is 2.47. The highest BCUT2D eigenvalue weighted by Gasteiger charge is 2.21. The molecule has 0 aliphatic heterocycles. The average molecular weight is 364 g/mol. The number of unbranched alkanes of at least 4 members (excludes halogenated alkanes) is 1. The van der Waals surface area contributed by atoms with Crippen molar-refractivity contribution in [2.45, 2.75) is 65.1 Å². The van der Waals surface area contributed by atoms with Crippen molar-refractivity contribution in [3.63, 3.8) is 0 Å². The van der Waals surface area contributed by atoms with E-state index in [9.17, 15) is 14.4 Å². The van der Waals surface area contributed by atoms with Crippen molar-refractivity contribution in [1.82, 2.24) is 0 Å². The van der Waals surface area contributed by atoms with Gasteiger partial charge in [-0.1, -0.05) is 25.1 Å². The Balaban J connectivity index is 2.52. The molecule has 0 aliphatic carbocycles. The zero-order valence-electron chi connectivity index (χ0n) is 15.7. The maximum absolute atomic E-state index is 12.2. The van der Waals surface area contributed by atoms with Crippen molar-refractivity contribution in [3.05, 3.63) is 35.9 Å². The summed E-state index contributed by atoms with van der Waals surface area (Å²) >= 11 is 0. The molecular weight excluding hydrogens is 336 g/mol. The Morgan fingerprint density at radius 1 is 0.923 bits per heavy atom. The first-order valence-corrected chi connectivity index (χ1v) is 8.99. The lowest BCUT2D eigenvalue weighted by molar-refractivity contribution is -0.148. The van der Waals surface area contributed by atoms with E-state index >= 15 is 0 Å². The van der Waals surface area contributed by atoms with Gasteiger partial charge in [-0.25, -0.2) is 4.79 Å². The lowest BCUT2D eigenvalue weighted by Crippen LogP contribution is -2.26. The van der Waals surface area contributed by atoms with Gasteiger partial charge < -0.3 is 14.2 Å². The van der Waals surface area contributed by atoms with Crippen LogP contribution in [0.15, 0.2) is 30.3 Å². The van der Waals surface area contributed by atoms with E-state index in [1.165, 1.54) is 13.8 Å². The number of carbonyl (C=O) groups is 3. The highest BCUT2D eigenvalue weighted by Crippen LogP contribution is 2.17. The normalized spacial score (nSPS) is 12.7. The molecule has 6 heteroatoms. The van der Waals surface area contributed by atoms with Gasteiger partial charge >= 0.3 is 17.9 Å². The quantitative estimate of drug-likeness (QED) is 0.339. The molecule has 0 radical (unpaired) electrons. The van der Waals surface area contributed by atoms with Crippen molar-refractivity contribution in [3.8, 4) is 0 Å². The molecule has 0 aromatic heterocycles. The lowest BCUT2D eigenvalue weighted by Gasteiger charge is -2.23. The van der Waals surface area contributed by atoms with Crippen molar-refractivity contribution >= 4 is 17.9 Å². The number of benzene rings is 1. The summed E-state index contributed by atoms with van der Waals surface area (Å²) in [6.45, 7) is 5.01. The molecular formula is C20H28O6. The van der Waals surface area contributed by atoms with E-state index in [4.69, 9.17) is 14.2 Å². The van der Waals surface area contributed by atoms with Crippen molar-refractivity contribution in [2.75, 3.05) is 6.61 Å². The molecule has 0 saturated heterocycles.